The Kier molecular flexibility index (Phi) is 6.65. The molecule has 0 radical (unpaired) electrons. The number of amides is 1. The van der Waals surface area contributed by atoms with Gasteiger partial charge in [0.1, 0.15) is 0 Å². The molecule has 8 heteroatoms. The van der Waals surface area contributed by atoms with E-state index < -0.39 is 11.7 Å². The SMILES string of the molecule is Cc1ccc(C(F)(F)F)cc1NC(=O)CC1CNCCO1.Cl. The third kappa shape index (κ3) is 5.15. The molecule has 1 aliphatic heterocycles. The van der Waals surface area contributed by atoms with Gasteiger partial charge in [-0.2, -0.15) is 13.2 Å². The van der Waals surface area contributed by atoms with Gasteiger partial charge in [-0.3, -0.25) is 4.79 Å². The minimum absolute atomic E-state index is 0. The van der Waals surface area contributed by atoms with E-state index in [-0.39, 0.29) is 36.5 Å². The maximum atomic E-state index is 12.7. The number of hydrogen-bond donors (Lipinski definition) is 2. The standard InChI is InChI=1S/C14H17F3N2O2.ClH/c1-9-2-3-10(14(15,16)17)6-12(9)19-13(20)7-11-8-18-4-5-21-11;/h2-3,6,11,18H,4-5,7-8H2,1H3,(H,19,20);1H. The Morgan fingerprint density at radius 2 is 2.18 bits per heavy atom. The van der Waals surface area contributed by atoms with Gasteiger partial charge in [0.15, 0.2) is 0 Å². The van der Waals surface area contributed by atoms with Crippen molar-refractivity contribution in [2.24, 2.45) is 0 Å². The van der Waals surface area contributed by atoms with E-state index in [0.29, 0.717) is 18.7 Å². The number of rotatable bonds is 3. The monoisotopic (exact) mass is 338 g/mol. The summed E-state index contributed by atoms with van der Waals surface area (Å²) in [5, 5.41) is 5.61. The molecule has 4 nitrogen and oxygen atoms in total. The molecule has 1 aromatic carbocycles. The van der Waals surface area contributed by atoms with Gasteiger partial charge in [0, 0.05) is 18.8 Å². The Balaban J connectivity index is 0.00000242. The maximum Gasteiger partial charge on any atom is 0.416 e. The summed E-state index contributed by atoms with van der Waals surface area (Å²) < 4.78 is 43.4. The minimum atomic E-state index is -4.43. The summed E-state index contributed by atoms with van der Waals surface area (Å²) in [5.41, 5.74) is -0.0170. The number of nitrogens with one attached hydrogen (secondary N) is 2. The number of benzene rings is 1. The summed E-state index contributed by atoms with van der Waals surface area (Å²) in [5.74, 6) is -0.355. The van der Waals surface area contributed by atoms with E-state index in [1.54, 1.807) is 6.92 Å². The topological polar surface area (TPSA) is 50.4 Å². The number of aryl methyl sites for hydroxylation is 1. The highest BCUT2D eigenvalue weighted by Crippen LogP contribution is 2.32. The van der Waals surface area contributed by atoms with Crippen molar-refractivity contribution in [2.75, 3.05) is 25.0 Å². The molecule has 1 aliphatic rings. The molecule has 2 rings (SSSR count). The van der Waals surface area contributed by atoms with Gasteiger partial charge >= 0.3 is 6.18 Å². The summed E-state index contributed by atoms with van der Waals surface area (Å²) in [6.45, 7) is 3.48. The van der Waals surface area contributed by atoms with Crippen LogP contribution in [0.2, 0.25) is 0 Å². The second kappa shape index (κ2) is 7.80. The van der Waals surface area contributed by atoms with Crippen LogP contribution in [-0.4, -0.2) is 31.7 Å². The van der Waals surface area contributed by atoms with Crippen LogP contribution in [0.4, 0.5) is 18.9 Å². The number of carbonyl (C=O) groups excluding carboxylic acids is 1. The lowest BCUT2D eigenvalue weighted by atomic mass is 10.1. The number of hydrogen-bond acceptors (Lipinski definition) is 3. The van der Waals surface area contributed by atoms with E-state index in [2.05, 4.69) is 10.6 Å². The average Bonchev–Trinajstić information content (AvgIpc) is 2.41. The Labute approximate surface area is 132 Å². The number of alkyl halides is 3. The maximum absolute atomic E-state index is 12.7. The molecule has 0 saturated carbocycles. The molecule has 1 saturated heterocycles. The Hall–Kier alpha value is -1.31. The van der Waals surface area contributed by atoms with E-state index in [4.69, 9.17) is 4.74 Å². The molecular formula is C14H18ClF3N2O2. The summed E-state index contributed by atoms with van der Waals surface area (Å²) in [7, 11) is 0. The van der Waals surface area contributed by atoms with Gasteiger partial charge in [0.2, 0.25) is 5.91 Å². The summed E-state index contributed by atoms with van der Waals surface area (Å²) >= 11 is 0. The van der Waals surface area contributed by atoms with Crippen molar-refractivity contribution < 1.29 is 22.7 Å². The molecule has 124 valence electrons. The number of ether oxygens (including phenoxy) is 1. The normalized spacial score (nSPS) is 18.5. The molecule has 0 bridgehead atoms. The fourth-order valence-corrected chi connectivity index (χ4v) is 2.09. The molecule has 1 unspecified atom stereocenters. The summed E-state index contributed by atoms with van der Waals surface area (Å²) in [6.07, 6.45) is -4.56. The van der Waals surface area contributed by atoms with Crippen molar-refractivity contribution in [3.63, 3.8) is 0 Å². The van der Waals surface area contributed by atoms with Crippen molar-refractivity contribution in [3.8, 4) is 0 Å². The first kappa shape index (κ1) is 18.7. The van der Waals surface area contributed by atoms with Crippen LogP contribution >= 0.6 is 12.4 Å². The van der Waals surface area contributed by atoms with Crippen LogP contribution in [0.1, 0.15) is 17.5 Å². The lowest BCUT2D eigenvalue weighted by Gasteiger charge is -2.23. The number of halogens is 4. The highest BCUT2D eigenvalue weighted by Gasteiger charge is 2.31. The van der Waals surface area contributed by atoms with Gasteiger partial charge in [0.05, 0.1) is 24.7 Å². The second-order valence-electron chi connectivity index (χ2n) is 4.98. The van der Waals surface area contributed by atoms with E-state index in [1.165, 1.54) is 6.07 Å². The third-order valence-corrected chi connectivity index (χ3v) is 3.26. The first-order chi connectivity index (χ1) is 9.86. The molecule has 0 aliphatic carbocycles. The van der Waals surface area contributed by atoms with Crippen LogP contribution in [-0.2, 0) is 15.7 Å². The van der Waals surface area contributed by atoms with Gasteiger partial charge < -0.3 is 15.4 Å². The van der Waals surface area contributed by atoms with Crippen LogP contribution < -0.4 is 10.6 Å². The lowest BCUT2D eigenvalue weighted by Crippen LogP contribution is -2.40. The van der Waals surface area contributed by atoms with Gasteiger partial charge in [-0.15, -0.1) is 12.4 Å². The molecule has 0 aromatic heterocycles. The molecule has 1 amide bonds. The van der Waals surface area contributed by atoms with Crippen LogP contribution in [0.3, 0.4) is 0 Å². The molecule has 1 atom stereocenters. The minimum Gasteiger partial charge on any atom is -0.375 e. The fourth-order valence-electron chi connectivity index (χ4n) is 2.09. The molecule has 0 spiro atoms. The summed E-state index contributed by atoms with van der Waals surface area (Å²) in [6, 6.07) is 3.30. The first-order valence-electron chi connectivity index (χ1n) is 6.66. The zero-order valence-corrected chi connectivity index (χ0v) is 12.8. The van der Waals surface area contributed by atoms with Crippen LogP contribution in [0.25, 0.3) is 0 Å². The van der Waals surface area contributed by atoms with Gasteiger partial charge in [-0.05, 0) is 24.6 Å². The molecule has 1 aromatic rings. The molecular weight excluding hydrogens is 321 g/mol. The van der Waals surface area contributed by atoms with E-state index in [1.807, 2.05) is 0 Å². The average molecular weight is 339 g/mol. The van der Waals surface area contributed by atoms with Crippen LogP contribution in [0.15, 0.2) is 18.2 Å². The van der Waals surface area contributed by atoms with Crippen molar-refractivity contribution >= 4 is 24.0 Å². The molecule has 2 N–H and O–H groups in total. The van der Waals surface area contributed by atoms with Crippen LogP contribution in [0.5, 0.6) is 0 Å². The van der Waals surface area contributed by atoms with Crippen molar-refractivity contribution in [3.05, 3.63) is 29.3 Å². The summed E-state index contributed by atoms with van der Waals surface area (Å²) in [4.78, 5) is 11.9. The Bertz CT molecular complexity index is 517. The molecule has 1 fully saturated rings. The predicted octanol–water partition coefficient (Wildman–Crippen LogP) is 2.75. The number of morpholine rings is 1. The highest BCUT2D eigenvalue weighted by atomic mass is 35.5. The molecule has 22 heavy (non-hydrogen) atoms. The predicted molar refractivity (Wildman–Crippen MR) is 79.3 cm³/mol. The van der Waals surface area contributed by atoms with Crippen molar-refractivity contribution in [2.45, 2.75) is 25.6 Å². The first-order valence-corrected chi connectivity index (χ1v) is 6.66. The second-order valence-corrected chi connectivity index (χ2v) is 4.98. The van der Waals surface area contributed by atoms with Gasteiger partial charge in [0.25, 0.3) is 0 Å². The largest absolute Gasteiger partial charge is 0.416 e. The quantitative estimate of drug-likeness (QED) is 0.891. The Morgan fingerprint density at radius 1 is 1.45 bits per heavy atom. The number of carbonyl (C=O) groups is 1. The van der Waals surface area contributed by atoms with Crippen molar-refractivity contribution in [1.29, 1.82) is 0 Å². The molecule has 1 heterocycles. The zero-order chi connectivity index (χ0) is 15.5. The highest BCUT2D eigenvalue weighted by molar-refractivity contribution is 5.92. The zero-order valence-electron chi connectivity index (χ0n) is 12.0. The van der Waals surface area contributed by atoms with E-state index in [0.717, 1.165) is 18.7 Å². The fraction of sp³-hybridized carbons (Fsp3) is 0.500. The van der Waals surface area contributed by atoms with Crippen molar-refractivity contribution in [1.82, 2.24) is 5.32 Å². The Morgan fingerprint density at radius 3 is 2.77 bits per heavy atom. The number of anilines is 1. The van der Waals surface area contributed by atoms with Crippen LogP contribution in [0, 0.1) is 6.92 Å². The van der Waals surface area contributed by atoms with E-state index >= 15 is 0 Å². The van der Waals surface area contributed by atoms with Gasteiger partial charge in [-0.25, -0.2) is 0 Å². The van der Waals surface area contributed by atoms with Gasteiger partial charge in [-0.1, -0.05) is 6.07 Å². The third-order valence-electron chi connectivity index (χ3n) is 3.26. The smallest absolute Gasteiger partial charge is 0.375 e. The van der Waals surface area contributed by atoms with E-state index in [9.17, 15) is 18.0 Å². The lowest BCUT2D eigenvalue weighted by molar-refractivity contribution is -0.137.